The predicted octanol–water partition coefficient (Wildman–Crippen LogP) is 2.82. The molecule has 1 aromatic carbocycles. The molecule has 0 N–H and O–H groups in total. The van der Waals surface area contributed by atoms with Crippen LogP contribution in [0.5, 0.6) is 0 Å². The van der Waals surface area contributed by atoms with Crippen LogP contribution in [0.3, 0.4) is 0 Å². The molecule has 0 aliphatic carbocycles. The maximum atomic E-state index is 10.6. The monoisotopic (exact) mass is 255 g/mol. The molecule has 0 aliphatic rings. The molecular formula is C11H14BrNO. The Morgan fingerprint density at radius 1 is 1.43 bits per heavy atom. The molecule has 0 aliphatic heterocycles. The fraction of sp³-hybridized carbons (Fsp3) is 0.364. The number of carbonyl (C=O) groups is 1. The highest BCUT2D eigenvalue weighted by atomic mass is 79.9. The summed E-state index contributed by atoms with van der Waals surface area (Å²) in [5.41, 5.74) is 2.16. The number of benzene rings is 1. The van der Waals surface area contributed by atoms with Crippen molar-refractivity contribution in [2.24, 2.45) is 0 Å². The summed E-state index contributed by atoms with van der Waals surface area (Å²) in [4.78, 5) is 12.6. The second kappa shape index (κ2) is 4.60. The minimum absolute atomic E-state index is 0.0393. The van der Waals surface area contributed by atoms with Gasteiger partial charge in [0.2, 0.25) is 0 Å². The molecule has 0 heterocycles. The van der Waals surface area contributed by atoms with E-state index in [1.807, 2.05) is 44.1 Å². The van der Waals surface area contributed by atoms with E-state index in [1.165, 1.54) is 0 Å². The number of carbonyl (C=O) groups excluding carboxylic acids is 1. The smallest absolute Gasteiger partial charge is 0.127 e. The summed E-state index contributed by atoms with van der Waals surface area (Å²) < 4.78 is 1.02. The van der Waals surface area contributed by atoms with E-state index in [0.29, 0.717) is 0 Å². The van der Waals surface area contributed by atoms with Gasteiger partial charge in [-0.1, -0.05) is 13.0 Å². The summed E-state index contributed by atoms with van der Waals surface area (Å²) in [6.45, 7) is 1.89. The van der Waals surface area contributed by atoms with E-state index in [4.69, 9.17) is 0 Å². The summed E-state index contributed by atoms with van der Waals surface area (Å²) in [5.74, 6) is -0.0393. The lowest BCUT2D eigenvalue weighted by Gasteiger charge is -2.16. The largest absolute Gasteiger partial charge is 0.377 e. The van der Waals surface area contributed by atoms with Gasteiger partial charge in [-0.2, -0.15) is 0 Å². The minimum Gasteiger partial charge on any atom is -0.377 e. The maximum absolute atomic E-state index is 10.6. The lowest BCUT2D eigenvalue weighted by molar-refractivity contribution is -0.108. The number of hydrogen-bond donors (Lipinski definition) is 0. The Kier molecular flexibility index (Phi) is 3.69. The zero-order valence-corrected chi connectivity index (χ0v) is 10.2. The van der Waals surface area contributed by atoms with Crippen molar-refractivity contribution in [3.63, 3.8) is 0 Å². The first kappa shape index (κ1) is 11.2. The Labute approximate surface area is 93.0 Å². The highest BCUT2D eigenvalue weighted by molar-refractivity contribution is 9.10. The Bertz CT molecular complexity index is 336. The standard InChI is InChI=1S/C11H14BrNO/c1-8(7-14)9-4-5-11(13(2)3)10(12)6-9/h4-8H,1-3H3. The number of rotatable bonds is 3. The Morgan fingerprint density at radius 2 is 2.07 bits per heavy atom. The average Bonchev–Trinajstić information content (AvgIpc) is 2.15. The number of nitrogens with zero attached hydrogens (tertiary/aromatic N) is 1. The molecule has 1 atom stereocenters. The van der Waals surface area contributed by atoms with E-state index in [9.17, 15) is 4.79 Å². The average molecular weight is 256 g/mol. The number of halogens is 1. The molecule has 1 rings (SSSR count). The molecular weight excluding hydrogens is 242 g/mol. The number of hydrogen-bond acceptors (Lipinski definition) is 2. The zero-order valence-electron chi connectivity index (χ0n) is 8.62. The van der Waals surface area contributed by atoms with Crippen molar-refractivity contribution in [1.82, 2.24) is 0 Å². The quantitative estimate of drug-likeness (QED) is 0.775. The maximum Gasteiger partial charge on any atom is 0.127 e. The number of aldehydes is 1. The van der Waals surface area contributed by atoms with Crippen LogP contribution in [0.2, 0.25) is 0 Å². The van der Waals surface area contributed by atoms with Gasteiger partial charge < -0.3 is 9.69 Å². The number of anilines is 1. The second-order valence-electron chi connectivity index (χ2n) is 3.53. The molecule has 76 valence electrons. The lowest BCUT2D eigenvalue weighted by Crippen LogP contribution is -2.09. The molecule has 0 saturated heterocycles. The first-order chi connectivity index (χ1) is 6.56. The van der Waals surface area contributed by atoms with Crippen molar-refractivity contribution in [2.45, 2.75) is 12.8 Å². The summed E-state index contributed by atoms with van der Waals surface area (Å²) in [7, 11) is 3.98. The van der Waals surface area contributed by atoms with Crippen LogP contribution in [0.1, 0.15) is 18.4 Å². The van der Waals surface area contributed by atoms with E-state index in [2.05, 4.69) is 15.9 Å². The summed E-state index contributed by atoms with van der Waals surface area (Å²) in [6, 6.07) is 5.99. The second-order valence-corrected chi connectivity index (χ2v) is 4.38. The van der Waals surface area contributed by atoms with E-state index in [1.54, 1.807) is 0 Å². The molecule has 0 bridgehead atoms. The summed E-state index contributed by atoms with van der Waals surface area (Å²) in [5, 5.41) is 0. The molecule has 0 amide bonds. The van der Waals surface area contributed by atoms with Crippen molar-refractivity contribution in [1.29, 1.82) is 0 Å². The van der Waals surface area contributed by atoms with Gasteiger partial charge >= 0.3 is 0 Å². The minimum atomic E-state index is -0.0393. The molecule has 0 fully saturated rings. The predicted molar refractivity (Wildman–Crippen MR) is 62.9 cm³/mol. The van der Waals surface area contributed by atoms with Gasteiger partial charge in [-0.3, -0.25) is 0 Å². The zero-order chi connectivity index (χ0) is 10.7. The van der Waals surface area contributed by atoms with Crippen LogP contribution < -0.4 is 4.90 Å². The van der Waals surface area contributed by atoms with Crippen LogP contribution >= 0.6 is 15.9 Å². The van der Waals surface area contributed by atoms with Crippen LogP contribution in [0.4, 0.5) is 5.69 Å². The first-order valence-electron chi connectivity index (χ1n) is 4.48. The van der Waals surface area contributed by atoms with Gasteiger partial charge in [0.1, 0.15) is 6.29 Å². The SMILES string of the molecule is CC(C=O)c1ccc(N(C)C)c(Br)c1. The van der Waals surface area contributed by atoms with E-state index < -0.39 is 0 Å². The van der Waals surface area contributed by atoms with Crippen molar-refractivity contribution in [3.8, 4) is 0 Å². The molecule has 1 unspecified atom stereocenters. The van der Waals surface area contributed by atoms with Crippen molar-refractivity contribution in [3.05, 3.63) is 28.2 Å². The third-order valence-corrected chi connectivity index (χ3v) is 2.82. The van der Waals surface area contributed by atoms with Crippen LogP contribution in [0.15, 0.2) is 22.7 Å². The Hall–Kier alpha value is -0.830. The summed E-state index contributed by atoms with van der Waals surface area (Å²) >= 11 is 3.49. The fourth-order valence-corrected chi connectivity index (χ4v) is 2.00. The van der Waals surface area contributed by atoms with Crippen molar-refractivity contribution in [2.75, 3.05) is 19.0 Å². The van der Waals surface area contributed by atoms with Gasteiger partial charge in [0.05, 0.1) is 5.69 Å². The van der Waals surface area contributed by atoms with Crippen LogP contribution in [-0.4, -0.2) is 20.4 Å². The third-order valence-electron chi connectivity index (χ3n) is 2.18. The van der Waals surface area contributed by atoms with Crippen molar-refractivity contribution < 1.29 is 4.79 Å². The lowest BCUT2D eigenvalue weighted by atomic mass is 10.0. The molecule has 3 heteroatoms. The van der Waals surface area contributed by atoms with E-state index in [-0.39, 0.29) is 5.92 Å². The first-order valence-corrected chi connectivity index (χ1v) is 5.27. The molecule has 0 aromatic heterocycles. The van der Waals surface area contributed by atoms with Crippen LogP contribution in [0, 0.1) is 0 Å². The van der Waals surface area contributed by atoms with Crippen LogP contribution in [0.25, 0.3) is 0 Å². The molecule has 1 aromatic rings. The molecule has 0 spiro atoms. The highest BCUT2D eigenvalue weighted by Gasteiger charge is 2.07. The van der Waals surface area contributed by atoms with Gasteiger partial charge in [-0.05, 0) is 33.6 Å². The fourth-order valence-electron chi connectivity index (χ4n) is 1.25. The van der Waals surface area contributed by atoms with Crippen molar-refractivity contribution >= 4 is 27.9 Å². The van der Waals surface area contributed by atoms with E-state index in [0.717, 1.165) is 22.0 Å². The third kappa shape index (κ3) is 2.35. The van der Waals surface area contributed by atoms with Gasteiger partial charge in [0, 0.05) is 24.5 Å². The Balaban J connectivity index is 3.06. The normalized spacial score (nSPS) is 12.3. The molecule has 0 radical (unpaired) electrons. The van der Waals surface area contributed by atoms with Gasteiger partial charge in [-0.15, -0.1) is 0 Å². The van der Waals surface area contributed by atoms with Crippen LogP contribution in [-0.2, 0) is 4.79 Å². The molecule has 0 saturated carbocycles. The summed E-state index contributed by atoms with van der Waals surface area (Å²) in [6.07, 6.45) is 0.955. The van der Waals surface area contributed by atoms with Gasteiger partial charge in [0.15, 0.2) is 0 Å². The molecule has 14 heavy (non-hydrogen) atoms. The van der Waals surface area contributed by atoms with Gasteiger partial charge in [0.25, 0.3) is 0 Å². The molecule has 2 nitrogen and oxygen atoms in total. The topological polar surface area (TPSA) is 20.3 Å². The Morgan fingerprint density at radius 3 is 2.50 bits per heavy atom. The highest BCUT2D eigenvalue weighted by Crippen LogP contribution is 2.28. The van der Waals surface area contributed by atoms with E-state index >= 15 is 0 Å². The van der Waals surface area contributed by atoms with Gasteiger partial charge in [-0.25, -0.2) is 0 Å².